The third kappa shape index (κ3) is 3.55. The molecule has 2 N–H and O–H groups in total. The molecule has 1 fully saturated rings. The highest BCUT2D eigenvalue weighted by Crippen LogP contribution is 2.11. The minimum absolute atomic E-state index is 0.0606. The Balaban J connectivity index is 1.87. The molecule has 19 heavy (non-hydrogen) atoms. The lowest BCUT2D eigenvalue weighted by Gasteiger charge is -2.13. The van der Waals surface area contributed by atoms with Crippen LogP contribution in [0.2, 0.25) is 0 Å². The smallest absolute Gasteiger partial charge is 0.237 e. The zero-order chi connectivity index (χ0) is 13.7. The lowest BCUT2D eigenvalue weighted by Crippen LogP contribution is -2.40. The van der Waals surface area contributed by atoms with Crippen molar-refractivity contribution in [3.05, 3.63) is 35.4 Å². The molecule has 0 bridgehead atoms. The Labute approximate surface area is 114 Å². The van der Waals surface area contributed by atoms with Crippen LogP contribution in [0.3, 0.4) is 0 Å². The summed E-state index contributed by atoms with van der Waals surface area (Å²) in [5.74, 6) is 0.0606. The maximum absolute atomic E-state index is 12.1. The van der Waals surface area contributed by atoms with Gasteiger partial charge in [0.15, 0.2) is 0 Å². The van der Waals surface area contributed by atoms with Gasteiger partial charge in [0.2, 0.25) is 5.91 Å². The number of benzene rings is 1. The van der Waals surface area contributed by atoms with Crippen molar-refractivity contribution in [2.75, 3.05) is 13.7 Å². The van der Waals surface area contributed by atoms with Crippen LogP contribution in [0.25, 0.3) is 0 Å². The summed E-state index contributed by atoms with van der Waals surface area (Å²) < 4.78 is 5.25. The molecule has 0 spiro atoms. The second kappa shape index (κ2) is 6.68. The highest BCUT2D eigenvalue weighted by atomic mass is 16.5. The van der Waals surface area contributed by atoms with Crippen LogP contribution in [0.4, 0.5) is 0 Å². The molecule has 1 aromatic carbocycles. The first-order chi connectivity index (χ1) is 9.24. The molecule has 0 unspecified atom stereocenters. The van der Waals surface area contributed by atoms with Crippen LogP contribution in [0.1, 0.15) is 24.5 Å². The molecule has 2 rings (SSSR count). The summed E-state index contributed by atoms with van der Waals surface area (Å²) >= 11 is 0. The third-order valence-electron chi connectivity index (χ3n) is 3.69. The monoisotopic (exact) mass is 262 g/mol. The van der Waals surface area contributed by atoms with E-state index in [0.717, 1.165) is 19.4 Å². The number of methoxy groups -OCH3 is 1. The number of rotatable bonds is 5. The summed E-state index contributed by atoms with van der Waals surface area (Å²) in [7, 11) is 1.68. The van der Waals surface area contributed by atoms with Crippen molar-refractivity contribution in [1.29, 1.82) is 0 Å². The fourth-order valence-electron chi connectivity index (χ4n) is 2.46. The first-order valence-electron chi connectivity index (χ1n) is 6.85. The Morgan fingerprint density at radius 2 is 2.16 bits per heavy atom. The van der Waals surface area contributed by atoms with Crippen molar-refractivity contribution in [2.45, 2.75) is 38.5 Å². The molecule has 4 nitrogen and oxygen atoms in total. The Bertz CT molecular complexity index is 434. The van der Waals surface area contributed by atoms with Crippen molar-refractivity contribution < 1.29 is 9.53 Å². The standard InChI is InChI=1S/C15H22N2O2/c1-3-11-6-4-5-7-12(11)9-17-15(18)14-8-13(19-2)10-16-14/h4-7,13-14,16H,3,8-10H2,1-2H3,(H,17,18)/t13-,14-/m0/s1. The second-order valence-corrected chi connectivity index (χ2v) is 4.89. The van der Waals surface area contributed by atoms with Gasteiger partial charge in [0.1, 0.15) is 0 Å². The van der Waals surface area contributed by atoms with E-state index in [0.29, 0.717) is 6.54 Å². The van der Waals surface area contributed by atoms with Gasteiger partial charge in [-0.25, -0.2) is 0 Å². The van der Waals surface area contributed by atoms with Gasteiger partial charge in [0, 0.05) is 20.2 Å². The van der Waals surface area contributed by atoms with Crippen LogP contribution in [-0.2, 0) is 22.5 Å². The predicted molar refractivity (Wildman–Crippen MR) is 74.9 cm³/mol. The molecule has 0 aliphatic carbocycles. The number of ether oxygens (including phenoxy) is 1. The van der Waals surface area contributed by atoms with Gasteiger partial charge in [-0.05, 0) is 24.0 Å². The van der Waals surface area contributed by atoms with E-state index in [9.17, 15) is 4.79 Å². The average molecular weight is 262 g/mol. The van der Waals surface area contributed by atoms with Gasteiger partial charge in [-0.3, -0.25) is 4.79 Å². The van der Waals surface area contributed by atoms with Crippen LogP contribution in [0.15, 0.2) is 24.3 Å². The summed E-state index contributed by atoms with van der Waals surface area (Å²) in [6.07, 6.45) is 1.88. The number of carbonyl (C=O) groups is 1. The minimum Gasteiger partial charge on any atom is -0.380 e. The molecular formula is C15H22N2O2. The molecule has 1 amide bonds. The predicted octanol–water partition coefficient (Wildman–Crippen LogP) is 1.24. The largest absolute Gasteiger partial charge is 0.380 e. The molecule has 1 aliphatic rings. The van der Waals surface area contributed by atoms with Crippen LogP contribution in [0.5, 0.6) is 0 Å². The fourth-order valence-corrected chi connectivity index (χ4v) is 2.46. The highest BCUT2D eigenvalue weighted by molar-refractivity contribution is 5.82. The molecular weight excluding hydrogens is 240 g/mol. The van der Waals surface area contributed by atoms with Crippen molar-refractivity contribution in [1.82, 2.24) is 10.6 Å². The quantitative estimate of drug-likeness (QED) is 0.839. The summed E-state index contributed by atoms with van der Waals surface area (Å²) in [6.45, 7) is 3.47. The molecule has 0 radical (unpaired) electrons. The molecule has 0 saturated carbocycles. The molecule has 0 aromatic heterocycles. The summed E-state index contributed by atoms with van der Waals surface area (Å²) in [5.41, 5.74) is 2.48. The van der Waals surface area contributed by atoms with E-state index in [1.165, 1.54) is 11.1 Å². The molecule has 4 heteroatoms. The van der Waals surface area contributed by atoms with E-state index >= 15 is 0 Å². The van der Waals surface area contributed by atoms with Crippen molar-refractivity contribution in [3.63, 3.8) is 0 Å². The zero-order valence-corrected chi connectivity index (χ0v) is 11.6. The molecule has 1 aliphatic heterocycles. The highest BCUT2D eigenvalue weighted by Gasteiger charge is 2.28. The second-order valence-electron chi connectivity index (χ2n) is 4.89. The lowest BCUT2D eigenvalue weighted by atomic mass is 10.1. The van der Waals surface area contributed by atoms with Gasteiger partial charge < -0.3 is 15.4 Å². The Morgan fingerprint density at radius 3 is 2.79 bits per heavy atom. The molecule has 104 valence electrons. The summed E-state index contributed by atoms with van der Waals surface area (Å²) in [4.78, 5) is 12.1. The van der Waals surface area contributed by atoms with E-state index in [1.807, 2.05) is 12.1 Å². The van der Waals surface area contributed by atoms with Crippen LogP contribution < -0.4 is 10.6 Å². The molecule has 1 heterocycles. The first-order valence-corrected chi connectivity index (χ1v) is 6.85. The van der Waals surface area contributed by atoms with Gasteiger partial charge in [0.25, 0.3) is 0 Å². The van der Waals surface area contributed by atoms with Crippen molar-refractivity contribution in [2.24, 2.45) is 0 Å². The minimum atomic E-state index is -0.126. The van der Waals surface area contributed by atoms with Gasteiger partial charge >= 0.3 is 0 Å². The van der Waals surface area contributed by atoms with Gasteiger partial charge in [-0.15, -0.1) is 0 Å². The number of carbonyl (C=O) groups excluding carboxylic acids is 1. The van der Waals surface area contributed by atoms with Gasteiger partial charge in [-0.2, -0.15) is 0 Å². The number of nitrogens with one attached hydrogen (secondary N) is 2. The van der Waals surface area contributed by atoms with Crippen molar-refractivity contribution >= 4 is 5.91 Å². The SMILES string of the molecule is CCc1ccccc1CNC(=O)[C@@H]1C[C@H](OC)CN1. The molecule has 1 saturated heterocycles. The maximum Gasteiger partial charge on any atom is 0.237 e. The van der Waals surface area contributed by atoms with Gasteiger partial charge in [0.05, 0.1) is 12.1 Å². The van der Waals surface area contributed by atoms with Crippen LogP contribution >= 0.6 is 0 Å². The Hall–Kier alpha value is -1.39. The summed E-state index contributed by atoms with van der Waals surface area (Å²) in [5, 5.41) is 6.19. The third-order valence-corrected chi connectivity index (χ3v) is 3.69. The van der Waals surface area contributed by atoms with E-state index in [-0.39, 0.29) is 18.1 Å². The zero-order valence-electron chi connectivity index (χ0n) is 11.6. The number of aryl methyl sites for hydroxylation is 1. The number of hydrogen-bond acceptors (Lipinski definition) is 3. The number of hydrogen-bond donors (Lipinski definition) is 2. The summed E-state index contributed by atoms with van der Waals surface area (Å²) in [6, 6.07) is 8.09. The topological polar surface area (TPSA) is 50.4 Å². The van der Waals surface area contributed by atoms with Crippen LogP contribution in [-0.4, -0.2) is 31.7 Å². The first kappa shape index (κ1) is 14.0. The van der Waals surface area contributed by atoms with E-state index in [4.69, 9.17) is 4.74 Å². The molecule has 2 atom stereocenters. The average Bonchev–Trinajstić information content (AvgIpc) is 2.94. The molecule has 1 aromatic rings. The normalized spacial score (nSPS) is 22.4. The van der Waals surface area contributed by atoms with E-state index in [1.54, 1.807) is 7.11 Å². The van der Waals surface area contributed by atoms with E-state index < -0.39 is 0 Å². The Kier molecular flexibility index (Phi) is 4.93. The number of amides is 1. The fraction of sp³-hybridized carbons (Fsp3) is 0.533. The van der Waals surface area contributed by atoms with Crippen LogP contribution in [0, 0.1) is 0 Å². The maximum atomic E-state index is 12.1. The van der Waals surface area contributed by atoms with E-state index in [2.05, 4.69) is 29.7 Å². The van der Waals surface area contributed by atoms with Gasteiger partial charge in [-0.1, -0.05) is 31.2 Å². The lowest BCUT2D eigenvalue weighted by molar-refractivity contribution is -0.123. The van der Waals surface area contributed by atoms with Crippen molar-refractivity contribution in [3.8, 4) is 0 Å². The Morgan fingerprint density at radius 1 is 1.42 bits per heavy atom.